The summed E-state index contributed by atoms with van der Waals surface area (Å²) in [5.41, 5.74) is 1.78. The lowest BCUT2D eigenvalue weighted by Gasteiger charge is -2.11. The lowest BCUT2D eigenvalue weighted by atomic mass is 10.0. The van der Waals surface area contributed by atoms with Gasteiger partial charge in [0.25, 0.3) is 0 Å². The van der Waals surface area contributed by atoms with Crippen LogP contribution in [0, 0.1) is 6.92 Å². The number of hydrogen-bond acceptors (Lipinski definition) is 3. The number of carbonyl (C=O) groups is 1. The Bertz CT molecular complexity index is 650. The van der Waals surface area contributed by atoms with Crippen LogP contribution in [-0.2, 0) is 0 Å². The summed E-state index contributed by atoms with van der Waals surface area (Å²) in [7, 11) is 3.10. The molecular weight excluding hydrogens is 276 g/mol. The molecule has 104 valence electrons. The number of rotatable bonds is 4. The van der Waals surface area contributed by atoms with E-state index in [0.717, 1.165) is 5.56 Å². The second-order valence-corrected chi connectivity index (χ2v) is 4.74. The van der Waals surface area contributed by atoms with Crippen molar-refractivity contribution in [1.82, 2.24) is 0 Å². The minimum Gasteiger partial charge on any atom is -0.496 e. The zero-order valence-corrected chi connectivity index (χ0v) is 12.3. The Kier molecular flexibility index (Phi) is 4.30. The smallest absolute Gasteiger partial charge is 0.198 e. The van der Waals surface area contributed by atoms with E-state index in [9.17, 15) is 4.79 Å². The number of benzene rings is 2. The first-order valence-electron chi connectivity index (χ1n) is 6.10. The highest BCUT2D eigenvalue weighted by Crippen LogP contribution is 2.30. The molecule has 0 unspecified atom stereocenters. The molecule has 20 heavy (non-hydrogen) atoms. The molecule has 0 saturated heterocycles. The zero-order valence-electron chi connectivity index (χ0n) is 11.6. The van der Waals surface area contributed by atoms with Crippen LogP contribution in [-0.4, -0.2) is 20.0 Å². The van der Waals surface area contributed by atoms with Crippen molar-refractivity contribution in [3.05, 3.63) is 58.1 Å². The van der Waals surface area contributed by atoms with Crippen molar-refractivity contribution in [3.8, 4) is 11.5 Å². The van der Waals surface area contributed by atoms with Gasteiger partial charge in [-0.2, -0.15) is 0 Å². The summed E-state index contributed by atoms with van der Waals surface area (Å²) in [5, 5.41) is 0.364. The molecule has 4 heteroatoms. The average Bonchev–Trinajstić information content (AvgIpc) is 2.48. The van der Waals surface area contributed by atoms with Crippen LogP contribution in [0.15, 0.2) is 36.4 Å². The van der Waals surface area contributed by atoms with E-state index < -0.39 is 0 Å². The average molecular weight is 291 g/mol. The van der Waals surface area contributed by atoms with Crippen LogP contribution in [0.4, 0.5) is 0 Å². The highest BCUT2D eigenvalue weighted by molar-refractivity contribution is 6.35. The van der Waals surface area contributed by atoms with Gasteiger partial charge in [0.05, 0.1) is 24.8 Å². The Balaban J connectivity index is 2.51. The summed E-state index contributed by atoms with van der Waals surface area (Å²) in [6.45, 7) is 1.87. The molecule has 0 aliphatic carbocycles. The van der Waals surface area contributed by atoms with Gasteiger partial charge in [-0.15, -0.1) is 0 Å². The fourth-order valence-electron chi connectivity index (χ4n) is 2.03. The predicted octanol–water partition coefficient (Wildman–Crippen LogP) is 3.90. The first kappa shape index (κ1) is 14.4. The fraction of sp³-hybridized carbons (Fsp3) is 0.188. The molecule has 0 aliphatic heterocycles. The number of aryl methyl sites for hydroxylation is 1. The van der Waals surface area contributed by atoms with E-state index >= 15 is 0 Å². The van der Waals surface area contributed by atoms with E-state index in [0.29, 0.717) is 27.6 Å². The lowest BCUT2D eigenvalue weighted by molar-refractivity contribution is 0.103. The number of methoxy groups -OCH3 is 2. The molecule has 0 aromatic heterocycles. The normalized spacial score (nSPS) is 10.2. The highest BCUT2D eigenvalue weighted by atomic mass is 35.5. The Morgan fingerprint density at radius 3 is 2.30 bits per heavy atom. The number of carbonyl (C=O) groups excluding carboxylic acids is 1. The van der Waals surface area contributed by atoms with Gasteiger partial charge in [0.2, 0.25) is 0 Å². The molecule has 2 aromatic rings. The molecule has 3 nitrogen and oxygen atoms in total. The third-order valence-corrected chi connectivity index (χ3v) is 3.39. The van der Waals surface area contributed by atoms with Gasteiger partial charge in [-0.25, -0.2) is 0 Å². The van der Waals surface area contributed by atoms with E-state index in [1.807, 2.05) is 13.0 Å². The van der Waals surface area contributed by atoms with Gasteiger partial charge in [-0.05, 0) is 36.8 Å². The Labute approximate surface area is 123 Å². The van der Waals surface area contributed by atoms with Gasteiger partial charge < -0.3 is 9.47 Å². The van der Waals surface area contributed by atoms with Crippen molar-refractivity contribution < 1.29 is 14.3 Å². The summed E-state index contributed by atoms with van der Waals surface area (Å²) < 4.78 is 10.4. The maximum Gasteiger partial charge on any atom is 0.198 e. The molecule has 0 N–H and O–H groups in total. The third-order valence-electron chi connectivity index (χ3n) is 3.08. The highest BCUT2D eigenvalue weighted by Gasteiger charge is 2.18. The zero-order chi connectivity index (χ0) is 14.7. The van der Waals surface area contributed by atoms with Crippen LogP contribution >= 0.6 is 11.6 Å². The number of halogens is 1. The van der Waals surface area contributed by atoms with Crippen molar-refractivity contribution in [1.29, 1.82) is 0 Å². The number of ketones is 1. The molecule has 0 saturated carbocycles. The molecule has 0 fully saturated rings. The number of para-hydroxylation sites is 1. The SMILES string of the molecule is COc1cc(Cl)c(C(=O)c2ccccc2OC)cc1C. The topological polar surface area (TPSA) is 35.5 Å². The molecule has 0 spiro atoms. The molecule has 0 aliphatic rings. The van der Waals surface area contributed by atoms with Crippen LogP contribution < -0.4 is 9.47 Å². The Hall–Kier alpha value is -2.00. The van der Waals surface area contributed by atoms with Gasteiger partial charge in [0.15, 0.2) is 5.78 Å². The minimum absolute atomic E-state index is 0.168. The largest absolute Gasteiger partial charge is 0.496 e. The summed E-state index contributed by atoms with van der Waals surface area (Å²) in [6, 6.07) is 10.5. The van der Waals surface area contributed by atoms with Crippen LogP contribution in [0.2, 0.25) is 5.02 Å². The second kappa shape index (κ2) is 5.97. The monoisotopic (exact) mass is 290 g/mol. The molecule has 0 heterocycles. The lowest BCUT2D eigenvalue weighted by Crippen LogP contribution is -2.05. The van der Waals surface area contributed by atoms with Gasteiger partial charge in [-0.3, -0.25) is 4.79 Å². The summed E-state index contributed by atoms with van der Waals surface area (Å²) in [6.07, 6.45) is 0. The number of hydrogen-bond donors (Lipinski definition) is 0. The van der Waals surface area contributed by atoms with E-state index in [1.165, 1.54) is 7.11 Å². The molecule has 0 amide bonds. The molecule has 2 rings (SSSR count). The van der Waals surface area contributed by atoms with Crippen LogP contribution in [0.25, 0.3) is 0 Å². The second-order valence-electron chi connectivity index (χ2n) is 4.33. The van der Waals surface area contributed by atoms with Gasteiger partial charge in [0.1, 0.15) is 11.5 Å². The minimum atomic E-state index is -0.168. The summed E-state index contributed by atoms with van der Waals surface area (Å²) in [4.78, 5) is 12.6. The van der Waals surface area contributed by atoms with Crippen LogP contribution in [0.5, 0.6) is 11.5 Å². The summed E-state index contributed by atoms with van der Waals surface area (Å²) >= 11 is 6.18. The van der Waals surface area contributed by atoms with Crippen LogP contribution in [0.1, 0.15) is 21.5 Å². The van der Waals surface area contributed by atoms with Gasteiger partial charge in [-0.1, -0.05) is 23.7 Å². The Morgan fingerprint density at radius 1 is 1.00 bits per heavy atom. The molecule has 0 bridgehead atoms. The molecule has 0 atom stereocenters. The predicted molar refractivity (Wildman–Crippen MR) is 79.2 cm³/mol. The van der Waals surface area contributed by atoms with Gasteiger partial charge in [0, 0.05) is 5.56 Å². The third kappa shape index (κ3) is 2.63. The van der Waals surface area contributed by atoms with Crippen molar-refractivity contribution in [3.63, 3.8) is 0 Å². The maximum absolute atomic E-state index is 12.6. The van der Waals surface area contributed by atoms with E-state index in [2.05, 4.69) is 0 Å². The van der Waals surface area contributed by atoms with E-state index in [4.69, 9.17) is 21.1 Å². The maximum atomic E-state index is 12.6. The number of ether oxygens (including phenoxy) is 2. The summed E-state index contributed by atoms with van der Waals surface area (Å²) in [5.74, 6) is 1.02. The Morgan fingerprint density at radius 2 is 1.65 bits per heavy atom. The van der Waals surface area contributed by atoms with Gasteiger partial charge >= 0.3 is 0 Å². The molecule has 0 radical (unpaired) electrons. The van der Waals surface area contributed by atoms with Crippen molar-refractivity contribution >= 4 is 17.4 Å². The fourth-order valence-corrected chi connectivity index (χ4v) is 2.27. The van der Waals surface area contributed by atoms with Crippen LogP contribution in [0.3, 0.4) is 0 Å². The standard InChI is InChI=1S/C16H15ClO3/c1-10-8-12(13(17)9-15(10)20-3)16(18)11-6-4-5-7-14(11)19-2/h4-9H,1-3H3. The molecule has 2 aromatic carbocycles. The van der Waals surface area contributed by atoms with Crippen molar-refractivity contribution in [2.75, 3.05) is 14.2 Å². The van der Waals surface area contributed by atoms with Crippen molar-refractivity contribution in [2.45, 2.75) is 6.92 Å². The van der Waals surface area contributed by atoms with E-state index in [1.54, 1.807) is 37.4 Å². The van der Waals surface area contributed by atoms with Crippen molar-refractivity contribution in [2.24, 2.45) is 0 Å². The van der Waals surface area contributed by atoms with E-state index in [-0.39, 0.29) is 5.78 Å². The first-order valence-corrected chi connectivity index (χ1v) is 6.48. The molecular formula is C16H15ClO3. The quantitative estimate of drug-likeness (QED) is 0.801. The first-order chi connectivity index (χ1) is 9.58.